The Hall–Kier alpha value is -2.56. The van der Waals surface area contributed by atoms with Gasteiger partial charge in [-0.05, 0) is 31.2 Å². The van der Waals surface area contributed by atoms with Crippen LogP contribution < -0.4 is 34.3 Å². The molecule has 0 bridgehead atoms. The van der Waals surface area contributed by atoms with Gasteiger partial charge in [0.15, 0.2) is 29.0 Å². The smallest absolute Gasteiger partial charge is 0.203 e. The standard InChI is InChI=1S/C21H29N3O5.HI/c1-7-22-21(24-15-9-11-16(25-2)18(12-15)27-4)23-13-14-8-10-17(26-3)20(29-6)19(14)28-5;/h8-12H,7,13H2,1-6H3,(H2,22,23,24);1H. The molecule has 0 saturated heterocycles. The molecule has 0 fully saturated rings. The number of nitrogens with one attached hydrogen (secondary N) is 2. The van der Waals surface area contributed by atoms with Crippen LogP contribution >= 0.6 is 24.0 Å². The molecule has 0 aliphatic rings. The lowest BCUT2D eigenvalue weighted by molar-refractivity contribution is 0.322. The van der Waals surface area contributed by atoms with Crippen LogP contribution in [-0.2, 0) is 6.54 Å². The number of nitrogens with zero attached hydrogens (tertiary/aromatic N) is 1. The molecule has 8 nitrogen and oxygen atoms in total. The van der Waals surface area contributed by atoms with Gasteiger partial charge < -0.3 is 34.3 Å². The lowest BCUT2D eigenvalue weighted by Crippen LogP contribution is -2.30. The predicted octanol–water partition coefficient (Wildman–Crippen LogP) is 3.93. The maximum absolute atomic E-state index is 5.53. The van der Waals surface area contributed by atoms with E-state index in [2.05, 4.69) is 15.6 Å². The van der Waals surface area contributed by atoms with Gasteiger partial charge in [-0.3, -0.25) is 0 Å². The van der Waals surface area contributed by atoms with E-state index in [1.165, 1.54) is 0 Å². The molecule has 0 amide bonds. The Morgan fingerprint density at radius 1 is 0.800 bits per heavy atom. The molecule has 0 saturated carbocycles. The number of ether oxygens (including phenoxy) is 5. The number of methoxy groups -OCH3 is 5. The molecule has 0 atom stereocenters. The monoisotopic (exact) mass is 531 g/mol. The van der Waals surface area contributed by atoms with Gasteiger partial charge in [0.25, 0.3) is 0 Å². The highest BCUT2D eigenvalue weighted by atomic mass is 127. The maximum atomic E-state index is 5.53. The number of rotatable bonds is 9. The van der Waals surface area contributed by atoms with Gasteiger partial charge in [0, 0.05) is 23.9 Å². The first-order chi connectivity index (χ1) is 14.1. The van der Waals surface area contributed by atoms with Crippen molar-refractivity contribution in [2.45, 2.75) is 13.5 Å². The van der Waals surface area contributed by atoms with Crippen molar-refractivity contribution in [2.75, 3.05) is 47.4 Å². The van der Waals surface area contributed by atoms with E-state index < -0.39 is 0 Å². The first kappa shape index (κ1) is 25.5. The van der Waals surface area contributed by atoms with E-state index in [9.17, 15) is 0 Å². The van der Waals surface area contributed by atoms with E-state index in [-0.39, 0.29) is 24.0 Å². The minimum Gasteiger partial charge on any atom is -0.493 e. The second-order valence-corrected chi connectivity index (χ2v) is 5.88. The molecule has 30 heavy (non-hydrogen) atoms. The third-order valence-corrected chi connectivity index (χ3v) is 4.18. The summed E-state index contributed by atoms with van der Waals surface area (Å²) >= 11 is 0. The second-order valence-electron chi connectivity index (χ2n) is 5.88. The SMILES string of the molecule is CCNC(=NCc1ccc(OC)c(OC)c1OC)Nc1ccc(OC)c(OC)c1.I. The summed E-state index contributed by atoms with van der Waals surface area (Å²) in [4.78, 5) is 4.66. The minimum absolute atomic E-state index is 0. The summed E-state index contributed by atoms with van der Waals surface area (Å²) in [6, 6.07) is 9.32. The lowest BCUT2D eigenvalue weighted by atomic mass is 10.1. The van der Waals surface area contributed by atoms with E-state index in [1.54, 1.807) is 35.5 Å². The van der Waals surface area contributed by atoms with Crippen molar-refractivity contribution in [1.82, 2.24) is 5.32 Å². The molecule has 0 radical (unpaired) electrons. The minimum atomic E-state index is 0. The zero-order chi connectivity index (χ0) is 21.2. The molecule has 9 heteroatoms. The summed E-state index contributed by atoms with van der Waals surface area (Å²) < 4.78 is 26.9. The summed E-state index contributed by atoms with van der Waals surface area (Å²) in [5.74, 6) is 3.66. The Morgan fingerprint density at radius 3 is 2.00 bits per heavy atom. The van der Waals surface area contributed by atoms with Crippen molar-refractivity contribution in [1.29, 1.82) is 0 Å². The third-order valence-electron chi connectivity index (χ3n) is 4.18. The molecule has 2 rings (SSSR count). The zero-order valence-corrected chi connectivity index (χ0v) is 20.5. The predicted molar refractivity (Wildman–Crippen MR) is 129 cm³/mol. The molecule has 0 heterocycles. The molecule has 2 aromatic carbocycles. The van der Waals surface area contributed by atoms with Crippen molar-refractivity contribution in [3.05, 3.63) is 35.9 Å². The number of anilines is 1. The van der Waals surface area contributed by atoms with E-state index in [0.717, 1.165) is 11.3 Å². The first-order valence-electron chi connectivity index (χ1n) is 9.16. The molecule has 166 valence electrons. The van der Waals surface area contributed by atoms with Gasteiger partial charge in [-0.25, -0.2) is 4.99 Å². The van der Waals surface area contributed by atoms with Gasteiger partial charge in [0.05, 0.1) is 42.1 Å². The molecule has 0 aromatic heterocycles. The maximum Gasteiger partial charge on any atom is 0.203 e. The zero-order valence-electron chi connectivity index (χ0n) is 18.2. The molecule has 0 aliphatic carbocycles. The molecular formula is C21H30IN3O5. The fraction of sp³-hybridized carbons (Fsp3) is 0.381. The molecule has 0 spiro atoms. The fourth-order valence-corrected chi connectivity index (χ4v) is 2.81. The number of benzene rings is 2. The Balaban J connectivity index is 0.00000450. The van der Waals surface area contributed by atoms with Crippen LogP contribution in [0, 0.1) is 0 Å². The number of halogens is 1. The third kappa shape index (κ3) is 6.22. The number of hydrogen-bond acceptors (Lipinski definition) is 6. The summed E-state index contributed by atoms with van der Waals surface area (Å²) in [7, 11) is 7.97. The van der Waals surface area contributed by atoms with Crippen molar-refractivity contribution in [3.8, 4) is 28.7 Å². The first-order valence-corrected chi connectivity index (χ1v) is 9.16. The van der Waals surface area contributed by atoms with Gasteiger partial charge in [0.1, 0.15) is 0 Å². The van der Waals surface area contributed by atoms with Crippen LogP contribution in [0.25, 0.3) is 0 Å². The molecular weight excluding hydrogens is 501 g/mol. The number of hydrogen-bond donors (Lipinski definition) is 2. The second kappa shape index (κ2) is 12.9. The van der Waals surface area contributed by atoms with Crippen LogP contribution in [0.3, 0.4) is 0 Å². The largest absolute Gasteiger partial charge is 0.493 e. The van der Waals surface area contributed by atoms with Gasteiger partial charge in [-0.2, -0.15) is 0 Å². The number of aliphatic imine (C=N–C) groups is 1. The van der Waals surface area contributed by atoms with E-state index >= 15 is 0 Å². The molecule has 0 aliphatic heterocycles. The van der Waals surface area contributed by atoms with Crippen LogP contribution in [0.15, 0.2) is 35.3 Å². The van der Waals surface area contributed by atoms with Gasteiger partial charge in [-0.15, -0.1) is 24.0 Å². The summed E-state index contributed by atoms with van der Waals surface area (Å²) in [6.07, 6.45) is 0. The van der Waals surface area contributed by atoms with Crippen molar-refractivity contribution in [3.63, 3.8) is 0 Å². The summed E-state index contributed by atoms with van der Waals surface area (Å²) in [6.45, 7) is 3.09. The van der Waals surface area contributed by atoms with Crippen LogP contribution in [0.2, 0.25) is 0 Å². The topological polar surface area (TPSA) is 82.6 Å². The molecule has 2 N–H and O–H groups in total. The Kier molecular flexibility index (Phi) is 10.9. The fourth-order valence-electron chi connectivity index (χ4n) is 2.81. The van der Waals surface area contributed by atoms with Crippen LogP contribution in [0.1, 0.15) is 12.5 Å². The van der Waals surface area contributed by atoms with Crippen molar-refractivity contribution < 1.29 is 23.7 Å². The van der Waals surface area contributed by atoms with Gasteiger partial charge >= 0.3 is 0 Å². The Bertz CT molecular complexity index is 846. The lowest BCUT2D eigenvalue weighted by Gasteiger charge is -2.16. The average Bonchev–Trinajstić information content (AvgIpc) is 2.76. The van der Waals surface area contributed by atoms with Crippen LogP contribution in [0.4, 0.5) is 5.69 Å². The van der Waals surface area contributed by atoms with Crippen LogP contribution in [-0.4, -0.2) is 48.1 Å². The van der Waals surface area contributed by atoms with Gasteiger partial charge in [0.2, 0.25) is 5.75 Å². The normalized spacial score (nSPS) is 10.5. The highest BCUT2D eigenvalue weighted by Crippen LogP contribution is 2.40. The molecule has 0 unspecified atom stereocenters. The van der Waals surface area contributed by atoms with E-state index in [0.29, 0.717) is 47.8 Å². The quantitative estimate of drug-likeness (QED) is 0.288. The van der Waals surface area contributed by atoms with Crippen molar-refractivity contribution in [2.24, 2.45) is 4.99 Å². The van der Waals surface area contributed by atoms with E-state index in [4.69, 9.17) is 23.7 Å². The average molecular weight is 531 g/mol. The highest BCUT2D eigenvalue weighted by Gasteiger charge is 2.15. The van der Waals surface area contributed by atoms with Gasteiger partial charge in [-0.1, -0.05) is 0 Å². The highest BCUT2D eigenvalue weighted by molar-refractivity contribution is 14.0. The van der Waals surface area contributed by atoms with Crippen molar-refractivity contribution >= 4 is 35.6 Å². The Morgan fingerprint density at radius 2 is 1.43 bits per heavy atom. The number of guanidine groups is 1. The summed E-state index contributed by atoms with van der Waals surface area (Å²) in [5, 5.41) is 6.50. The summed E-state index contributed by atoms with van der Waals surface area (Å²) in [5.41, 5.74) is 1.69. The van der Waals surface area contributed by atoms with E-state index in [1.807, 2.05) is 37.3 Å². The molecule has 2 aromatic rings. The Labute approximate surface area is 194 Å². The van der Waals surface area contributed by atoms with Crippen LogP contribution in [0.5, 0.6) is 28.7 Å².